The van der Waals surface area contributed by atoms with Gasteiger partial charge in [-0.2, -0.15) is 4.99 Å². The number of aryl methyl sites for hydroxylation is 1. The van der Waals surface area contributed by atoms with Crippen molar-refractivity contribution in [2.75, 3.05) is 38.3 Å². The number of anilines is 1. The minimum Gasteiger partial charge on any atom is -0.578 e. The van der Waals surface area contributed by atoms with Crippen LogP contribution in [0.15, 0.2) is 17.3 Å². The van der Waals surface area contributed by atoms with Crippen LogP contribution >= 0.6 is 0 Å². The van der Waals surface area contributed by atoms with Crippen molar-refractivity contribution >= 4 is 11.7 Å². The molecule has 0 spiro atoms. The van der Waals surface area contributed by atoms with E-state index in [2.05, 4.69) is 20.2 Å². The van der Waals surface area contributed by atoms with E-state index in [4.69, 9.17) is 20.3 Å². The predicted octanol–water partition coefficient (Wildman–Crippen LogP) is 0.528. The molecule has 0 bridgehead atoms. The van der Waals surface area contributed by atoms with Crippen molar-refractivity contribution in [3.8, 4) is 0 Å². The zero-order chi connectivity index (χ0) is 20.1. The highest BCUT2D eigenvalue weighted by Crippen LogP contribution is 2.25. The van der Waals surface area contributed by atoms with Gasteiger partial charge in [0.1, 0.15) is 17.5 Å². The number of hydrogen-bond donors (Lipinski definition) is 2. The van der Waals surface area contributed by atoms with Crippen molar-refractivity contribution in [2.24, 2.45) is 10.7 Å². The summed E-state index contributed by atoms with van der Waals surface area (Å²) in [7, 11) is 1.77. The first-order valence-corrected chi connectivity index (χ1v) is 10.1. The van der Waals surface area contributed by atoms with Gasteiger partial charge in [0.25, 0.3) is 0 Å². The Balaban J connectivity index is 1.75. The maximum Gasteiger partial charge on any atom is 0.365 e. The molecule has 3 unspecified atom stereocenters. The molecule has 1 aromatic rings. The summed E-state index contributed by atoms with van der Waals surface area (Å²) in [4.78, 5) is 11.1. The van der Waals surface area contributed by atoms with Crippen molar-refractivity contribution in [3.05, 3.63) is 23.4 Å². The highest BCUT2D eigenvalue weighted by molar-refractivity contribution is 5.97. The van der Waals surface area contributed by atoms with Gasteiger partial charge in [-0.25, -0.2) is 4.98 Å². The molecule has 0 aliphatic carbocycles. The van der Waals surface area contributed by atoms with E-state index in [1.165, 1.54) is 0 Å². The van der Waals surface area contributed by atoms with E-state index < -0.39 is 6.17 Å². The lowest BCUT2D eigenvalue weighted by atomic mass is 9.98. The van der Waals surface area contributed by atoms with Gasteiger partial charge >= 0.3 is 5.90 Å². The second kappa shape index (κ2) is 9.65. The Morgan fingerprint density at radius 2 is 2.18 bits per heavy atom. The molecule has 3 atom stereocenters. The van der Waals surface area contributed by atoms with Crippen molar-refractivity contribution in [2.45, 2.75) is 57.5 Å². The molecule has 2 aliphatic heterocycles. The number of piperidine rings is 1. The zero-order valence-electron chi connectivity index (χ0n) is 17.1. The van der Waals surface area contributed by atoms with Gasteiger partial charge in [-0.15, -0.1) is 0 Å². The molecule has 0 aromatic carbocycles. The number of aliphatic imine (C=N–C) groups is 1. The molecule has 8 nitrogen and oxygen atoms in total. The van der Waals surface area contributed by atoms with E-state index in [-0.39, 0.29) is 12.0 Å². The highest BCUT2D eigenvalue weighted by atomic mass is 16.5. The number of nitrogens with two attached hydrogens (primary N) is 1. The van der Waals surface area contributed by atoms with Crippen LogP contribution in [0, 0.1) is 6.92 Å². The molecule has 5 N–H and O–H groups in total. The normalized spacial score (nSPS) is 25.7. The summed E-state index contributed by atoms with van der Waals surface area (Å²) in [6.45, 7) is 6.99. The van der Waals surface area contributed by atoms with Gasteiger partial charge in [0.15, 0.2) is 0 Å². The maximum absolute atomic E-state index is 8.35. The second-order valence-corrected chi connectivity index (χ2v) is 7.77. The van der Waals surface area contributed by atoms with Crippen molar-refractivity contribution < 1.29 is 14.6 Å². The van der Waals surface area contributed by atoms with E-state index in [1.54, 1.807) is 14.0 Å². The van der Waals surface area contributed by atoms with Gasteiger partial charge in [-0.3, -0.25) is 0 Å². The molecule has 28 heavy (non-hydrogen) atoms. The Bertz CT molecular complexity index is 676. The first kappa shape index (κ1) is 21.0. The molecule has 8 heteroatoms. The topological polar surface area (TPSA) is 108 Å². The third-order valence-electron chi connectivity index (χ3n) is 5.42. The van der Waals surface area contributed by atoms with Crippen LogP contribution in [-0.2, 0) is 9.47 Å². The number of hydrogen-bond acceptors (Lipinski definition) is 7. The van der Waals surface area contributed by atoms with Gasteiger partial charge in [0.05, 0.1) is 6.10 Å². The summed E-state index contributed by atoms with van der Waals surface area (Å²) in [5, 5.41) is 12.1. The maximum atomic E-state index is 8.35. The monoisotopic (exact) mass is 392 g/mol. The fourth-order valence-electron chi connectivity index (χ4n) is 3.97. The van der Waals surface area contributed by atoms with E-state index in [1.807, 2.05) is 19.2 Å². The average Bonchev–Trinajstić information content (AvgIpc) is 2.68. The SMILES string of the molecule is COC1CN(c2ncc(C)cc2/C([OH2+])=N/C(C)N)CCC1NC1CCOCC1. The van der Waals surface area contributed by atoms with Crippen LogP contribution in [0.5, 0.6) is 0 Å². The van der Waals surface area contributed by atoms with Crippen LogP contribution in [-0.4, -0.2) is 73.8 Å². The molecule has 0 radical (unpaired) electrons. The average molecular weight is 393 g/mol. The lowest BCUT2D eigenvalue weighted by Crippen LogP contribution is -2.56. The number of nitrogens with zero attached hydrogens (tertiary/aromatic N) is 3. The molecule has 2 saturated heterocycles. The molecule has 156 valence electrons. The number of rotatable bonds is 6. The Morgan fingerprint density at radius 3 is 2.86 bits per heavy atom. The summed E-state index contributed by atoms with van der Waals surface area (Å²) >= 11 is 0. The minimum absolute atomic E-state index is 0.0621. The largest absolute Gasteiger partial charge is 0.578 e. The lowest BCUT2D eigenvalue weighted by molar-refractivity contribution is 0.0359. The van der Waals surface area contributed by atoms with Crippen LogP contribution < -0.4 is 16.0 Å². The molecule has 0 amide bonds. The summed E-state index contributed by atoms with van der Waals surface area (Å²) in [5.41, 5.74) is 7.50. The number of ether oxygens (including phenoxy) is 2. The van der Waals surface area contributed by atoms with Crippen LogP contribution in [0.2, 0.25) is 0 Å². The molecule has 3 rings (SSSR count). The molecule has 2 aliphatic rings. The van der Waals surface area contributed by atoms with Crippen LogP contribution in [0.4, 0.5) is 5.82 Å². The zero-order valence-corrected chi connectivity index (χ0v) is 17.1. The summed E-state index contributed by atoms with van der Waals surface area (Å²) in [6, 6.07) is 2.77. The quantitative estimate of drug-likeness (QED) is 0.415. The van der Waals surface area contributed by atoms with Gasteiger partial charge in [0.2, 0.25) is 0 Å². The Labute approximate surface area is 167 Å². The number of methoxy groups -OCH3 is 1. The van der Waals surface area contributed by atoms with Crippen molar-refractivity contribution in [1.29, 1.82) is 0 Å². The second-order valence-electron chi connectivity index (χ2n) is 7.77. The number of pyridine rings is 1. The molecular weight excluding hydrogens is 358 g/mol. The fraction of sp³-hybridized carbons (Fsp3) is 0.700. The highest BCUT2D eigenvalue weighted by Gasteiger charge is 2.33. The smallest absolute Gasteiger partial charge is 0.365 e. The molecular formula is C20H34N5O3+. The van der Waals surface area contributed by atoms with E-state index in [0.717, 1.165) is 62.5 Å². The van der Waals surface area contributed by atoms with Crippen molar-refractivity contribution in [3.63, 3.8) is 0 Å². The Morgan fingerprint density at radius 1 is 1.43 bits per heavy atom. The molecule has 1 aromatic heterocycles. The minimum atomic E-state index is -0.415. The Hall–Kier alpha value is -1.74. The first-order valence-electron chi connectivity index (χ1n) is 10.1. The first-order chi connectivity index (χ1) is 13.5. The third-order valence-corrected chi connectivity index (χ3v) is 5.42. The lowest BCUT2D eigenvalue weighted by Gasteiger charge is -2.41. The third kappa shape index (κ3) is 5.20. The van der Waals surface area contributed by atoms with Crippen LogP contribution in [0.1, 0.15) is 37.3 Å². The molecule has 3 heterocycles. The van der Waals surface area contributed by atoms with Crippen LogP contribution in [0.25, 0.3) is 0 Å². The van der Waals surface area contributed by atoms with Crippen molar-refractivity contribution in [1.82, 2.24) is 10.3 Å². The van der Waals surface area contributed by atoms with E-state index in [0.29, 0.717) is 12.1 Å². The van der Waals surface area contributed by atoms with Gasteiger partial charge in [0, 0.05) is 51.7 Å². The van der Waals surface area contributed by atoms with Gasteiger partial charge in [-0.05, 0) is 44.7 Å². The van der Waals surface area contributed by atoms with Gasteiger partial charge in [-0.1, -0.05) is 0 Å². The standard InChI is InChI=1S/C20H33N5O3/c1-13-10-16(20(26)23-14(2)21)19(22-11-13)25-7-4-17(18(12-25)27-3)24-15-5-8-28-9-6-15/h10-11,14-15,17-18,24H,4-9,12,21H2,1-3H3,(H,23,26)/p+1. The summed E-state index contributed by atoms with van der Waals surface area (Å²) in [6.07, 6.45) is 4.55. The van der Waals surface area contributed by atoms with Gasteiger partial charge < -0.3 is 30.5 Å². The fourth-order valence-corrected chi connectivity index (χ4v) is 3.97. The molecule has 0 saturated carbocycles. The predicted molar refractivity (Wildman–Crippen MR) is 111 cm³/mol. The van der Waals surface area contributed by atoms with E-state index >= 15 is 0 Å². The molecule has 2 fully saturated rings. The Kier molecular flexibility index (Phi) is 7.23. The summed E-state index contributed by atoms with van der Waals surface area (Å²) < 4.78 is 11.3. The van der Waals surface area contributed by atoms with E-state index in [9.17, 15) is 0 Å². The number of aromatic nitrogens is 1. The summed E-state index contributed by atoms with van der Waals surface area (Å²) in [5.74, 6) is 0.962. The van der Waals surface area contributed by atoms with Crippen LogP contribution in [0.3, 0.4) is 0 Å². The number of nitrogens with one attached hydrogen (secondary N) is 1.